The van der Waals surface area contributed by atoms with Gasteiger partial charge >= 0.3 is 12.0 Å². The average Bonchev–Trinajstić information content (AvgIpc) is 2.28. The van der Waals surface area contributed by atoms with E-state index in [0.717, 1.165) is 25.7 Å². The molecule has 3 N–H and O–H groups in total. The van der Waals surface area contributed by atoms with Crippen molar-refractivity contribution in [2.24, 2.45) is 0 Å². The van der Waals surface area contributed by atoms with Gasteiger partial charge in [-0.2, -0.15) is 0 Å². The molecular weight excluding hydrogens is 232 g/mol. The first-order valence-electron chi connectivity index (χ1n) is 6.42. The van der Waals surface area contributed by atoms with Crippen LogP contribution in [0.15, 0.2) is 12.7 Å². The zero-order valence-corrected chi connectivity index (χ0v) is 11.2. The summed E-state index contributed by atoms with van der Waals surface area (Å²) < 4.78 is 0. The molecule has 0 aliphatic rings. The molecule has 0 spiro atoms. The molecule has 0 radical (unpaired) electrons. The van der Waals surface area contributed by atoms with Gasteiger partial charge in [-0.15, -0.1) is 6.58 Å². The molecule has 2 unspecified atom stereocenters. The van der Waals surface area contributed by atoms with Gasteiger partial charge < -0.3 is 15.7 Å². The number of aliphatic carboxylic acids is 1. The van der Waals surface area contributed by atoms with Gasteiger partial charge in [0.25, 0.3) is 0 Å². The maximum absolute atomic E-state index is 11.6. The van der Waals surface area contributed by atoms with E-state index >= 15 is 0 Å². The molecule has 0 aliphatic heterocycles. The quantitative estimate of drug-likeness (QED) is 0.437. The van der Waals surface area contributed by atoms with Gasteiger partial charge in [-0.05, 0) is 19.8 Å². The summed E-state index contributed by atoms with van der Waals surface area (Å²) in [5.74, 6) is -1.05. The maximum atomic E-state index is 11.6. The number of amides is 2. The Morgan fingerprint density at radius 3 is 2.50 bits per heavy atom. The van der Waals surface area contributed by atoms with Gasteiger partial charge in [-0.1, -0.05) is 32.3 Å². The van der Waals surface area contributed by atoms with Gasteiger partial charge in [0.2, 0.25) is 0 Å². The lowest BCUT2D eigenvalue weighted by Gasteiger charge is -2.17. The number of carbonyl (C=O) groups is 2. The lowest BCUT2D eigenvalue weighted by molar-refractivity contribution is -0.139. The average molecular weight is 256 g/mol. The summed E-state index contributed by atoms with van der Waals surface area (Å²) in [6.07, 6.45) is 5.94. The number of urea groups is 1. The van der Waals surface area contributed by atoms with Crippen LogP contribution in [0.3, 0.4) is 0 Å². The fraction of sp³-hybridized carbons (Fsp3) is 0.692. The van der Waals surface area contributed by atoms with Crippen molar-refractivity contribution in [3.8, 4) is 0 Å². The van der Waals surface area contributed by atoms with E-state index in [0.29, 0.717) is 0 Å². The smallest absolute Gasteiger partial charge is 0.326 e. The number of unbranched alkanes of at least 4 members (excludes halogenated alkanes) is 2. The van der Waals surface area contributed by atoms with Crippen LogP contribution in [-0.4, -0.2) is 29.2 Å². The Morgan fingerprint density at radius 1 is 1.33 bits per heavy atom. The van der Waals surface area contributed by atoms with Crippen LogP contribution in [-0.2, 0) is 4.79 Å². The Morgan fingerprint density at radius 2 is 2.00 bits per heavy atom. The largest absolute Gasteiger partial charge is 0.480 e. The molecule has 0 aromatic heterocycles. The second-order valence-electron chi connectivity index (χ2n) is 4.43. The Balaban J connectivity index is 3.99. The summed E-state index contributed by atoms with van der Waals surface area (Å²) >= 11 is 0. The predicted molar refractivity (Wildman–Crippen MR) is 71.5 cm³/mol. The molecule has 0 aromatic rings. The van der Waals surface area contributed by atoms with Crippen molar-refractivity contribution in [1.29, 1.82) is 0 Å². The minimum Gasteiger partial charge on any atom is -0.480 e. The summed E-state index contributed by atoms with van der Waals surface area (Å²) in [5, 5.41) is 14.0. The van der Waals surface area contributed by atoms with E-state index < -0.39 is 18.0 Å². The van der Waals surface area contributed by atoms with E-state index in [1.54, 1.807) is 0 Å². The fourth-order valence-corrected chi connectivity index (χ4v) is 1.58. The highest BCUT2D eigenvalue weighted by Crippen LogP contribution is 2.02. The van der Waals surface area contributed by atoms with E-state index in [2.05, 4.69) is 24.1 Å². The minimum absolute atomic E-state index is 0.0507. The van der Waals surface area contributed by atoms with Crippen LogP contribution >= 0.6 is 0 Å². The molecule has 0 bridgehead atoms. The van der Waals surface area contributed by atoms with Gasteiger partial charge in [-0.3, -0.25) is 0 Å². The molecule has 0 aromatic carbocycles. The highest BCUT2D eigenvalue weighted by Gasteiger charge is 2.18. The summed E-state index contributed by atoms with van der Waals surface area (Å²) in [6.45, 7) is 7.50. The highest BCUT2D eigenvalue weighted by atomic mass is 16.4. The summed E-state index contributed by atoms with van der Waals surface area (Å²) in [6, 6.07) is -1.30. The lowest BCUT2D eigenvalue weighted by Crippen LogP contribution is -2.48. The molecule has 0 rings (SSSR count). The number of carbonyl (C=O) groups excluding carboxylic acids is 1. The van der Waals surface area contributed by atoms with Crippen LogP contribution in [0, 0.1) is 0 Å². The van der Waals surface area contributed by atoms with Gasteiger partial charge in [-0.25, -0.2) is 9.59 Å². The number of hydrogen-bond acceptors (Lipinski definition) is 2. The van der Waals surface area contributed by atoms with Crippen LogP contribution in [0.1, 0.15) is 46.0 Å². The van der Waals surface area contributed by atoms with Crippen molar-refractivity contribution in [1.82, 2.24) is 10.6 Å². The van der Waals surface area contributed by atoms with E-state index in [4.69, 9.17) is 5.11 Å². The van der Waals surface area contributed by atoms with E-state index in [9.17, 15) is 9.59 Å². The zero-order valence-electron chi connectivity index (χ0n) is 11.2. The Kier molecular flexibility index (Phi) is 8.70. The maximum Gasteiger partial charge on any atom is 0.326 e. The van der Waals surface area contributed by atoms with Gasteiger partial charge in [0.15, 0.2) is 0 Å². The van der Waals surface area contributed by atoms with Crippen molar-refractivity contribution in [3.63, 3.8) is 0 Å². The first kappa shape index (κ1) is 16.5. The van der Waals surface area contributed by atoms with Crippen LogP contribution in [0.4, 0.5) is 4.79 Å². The van der Waals surface area contributed by atoms with Crippen LogP contribution in [0.2, 0.25) is 0 Å². The van der Waals surface area contributed by atoms with E-state index in [1.165, 1.54) is 6.08 Å². The van der Waals surface area contributed by atoms with Gasteiger partial charge in [0.05, 0.1) is 0 Å². The summed E-state index contributed by atoms with van der Waals surface area (Å²) in [7, 11) is 0. The topological polar surface area (TPSA) is 78.4 Å². The van der Waals surface area contributed by atoms with Crippen molar-refractivity contribution in [3.05, 3.63) is 12.7 Å². The molecule has 0 saturated heterocycles. The molecule has 0 saturated carbocycles. The molecule has 2 atom stereocenters. The van der Waals surface area contributed by atoms with E-state index in [-0.39, 0.29) is 12.5 Å². The Bertz CT molecular complexity index is 279. The first-order valence-corrected chi connectivity index (χ1v) is 6.42. The molecule has 5 nitrogen and oxygen atoms in total. The Hall–Kier alpha value is -1.52. The number of carboxylic acids is 1. The second-order valence-corrected chi connectivity index (χ2v) is 4.43. The summed E-state index contributed by atoms with van der Waals surface area (Å²) in [5.41, 5.74) is 0. The number of rotatable bonds is 9. The zero-order chi connectivity index (χ0) is 14.0. The molecule has 5 heteroatoms. The van der Waals surface area contributed by atoms with Crippen molar-refractivity contribution >= 4 is 12.0 Å². The highest BCUT2D eigenvalue weighted by molar-refractivity contribution is 5.82. The molecule has 0 fully saturated rings. The summed E-state index contributed by atoms with van der Waals surface area (Å²) in [4.78, 5) is 22.4. The predicted octanol–water partition coefficient (Wildman–Crippen LogP) is 2.28. The normalized spacial score (nSPS) is 13.4. The third kappa shape index (κ3) is 7.70. The molecule has 0 aliphatic carbocycles. The third-order valence-electron chi connectivity index (χ3n) is 2.62. The number of carboxylic acid groups (broad SMARTS) is 1. The van der Waals surface area contributed by atoms with Crippen molar-refractivity contribution < 1.29 is 14.7 Å². The van der Waals surface area contributed by atoms with Gasteiger partial charge in [0.1, 0.15) is 6.04 Å². The molecule has 18 heavy (non-hydrogen) atoms. The van der Waals surface area contributed by atoms with Crippen molar-refractivity contribution in [2.45, 2.75) is 58.0 Å². The minimum atomic E-state index is -1.05. The van der Waals surface area contributed by atoms with Crippen molar-refractivity contribution in [2.75, 3.05) is 0 Å². The number of nitrogens with one attached hydrogen (secondary N) is 2. The standard InChI is InChI=1S/C13H24N2O3/c1-4-6-7-9-10(3)14-13(18)15-11(8-5-2)12(16)17/h5,10-11H,2,4,6-9H2,1,3H3,(H,16,17)(H2,14,15,18). The second kappa shape index (κ2) is 9.50. The fourth-order valence-electron chi connectivity index (χ4n) is 1.58. The number of hydrogen-bond donors (Lipinski definition) is 3. The monoisotopic (exact) mass is 256 g/mol. The SMILES string of the molecule is C=CCC(NC(=O)NC(C)CCCCC)C(=O)O. The molecule has 104 valence electrons. The first-order chi connectivity index (χ1) is 8.51. The van der Waals surface area contributed by atoms with Crippen LogP contribution in [0.5, 0.6) is 0 Å². The third-order valence-corrected chi connectivity index (χ3v) is 2.62. The van der Waals surface area contributed by atoms with E-state index in [1.807, 2.05) is 6.92 Å². The molecule has 0 heterocycles. The molecule has 2 amide bonds. The van der Waals surface area contributed by atoms with Gasteiger partial charge in [0, 0.05) is 6.04 Å². The lowest BCUT2D eigenvalue weighted by atomic mass is 10.1. The Labute approximate surface area is 109 Å². The van der Waals surface area contributed by atoms with Crippen LogP contribution in [0.25, 0.3) is 0 Å². The molecular formula is C13H24N2O3. The van der Waals surface area contributed by atoms with Crippen LogP contribution < -0.4 is 10.6 Å².